The van der Waals surface area contributed by atoms with E-state index in [4.69, 9.17) is 28.4 Å². The highest BCUT2D eigenvalue weighted by molar-refractivity contribution is 5.10. The monoisotopic (exact) mass is 528 g/mol. The van der Waals surface area contributed by atoms with Crippen LogP contribution in [0.4, 0.5) is 0 Å². The number of nitrogens with zero attached hydrogens (tertiary/aromatic N) is 6. The average molecular weight is 529 g/mol. The van der Waals surface area contributed by atoms with Crippen LogP contribution < -0.4 is 28.4 Å². The Bertz CT molecular complexity index is 909. The lowest BCUT2D eigenvalue weighted by Crippen LogP contribution is -2.10. The molecule has 2 aromatic heterocycles. The van der Waals surface area contributed by atoms with Gasteiger partial charge in [0.05, 0.1) is 13.2 Å². The molecule has 2 rings (SSSR count). The average Bonchev–Trinajstić information content (AvgIpc) is 2.91. The van der Waals surface area contributed by atoms with Gasteiger partial charge in [0.2, 0.25) is 0 Å². The van der Waals surface area contributed by atoms with E-state index in [1.54, 1.807) is 0 Å². The Morgan fingerprint density at radius 3 is 0.868 bits per heavy atom. The minimum atomic E-state index is 0.121. The molecule has 0 N–H and O–H groups in total. The van der Waals surface area contributed by atoms with Gasteiger partial charge >= 0.3 is 36.1 Å². The first-order chi connectivity index (χ1) is 18.7. The smallest absolute Gasteiger partial charge is 0.326 e. The van der Waals surface area contributed by atoms with Crippen LogP contribution in [0.2, 0.25) is 0 Å². The molecule has 0 saturated heterocycles. The van der Waals surface area contributed by atoms with Crippen LogP contribution in [-0.4, -0.2) is 69.5 Å². The van der Waals surface area contributed by atoms with E-state index in [0.717, 1.165) is 0 Å². The highest BCUT2D eigenvalue weighted by Gasteiger charge is 2.11. The number of allylic oxidation sites excluding steroid dienone is 4. The van der Waals surface area contributed by atoms with Crippen molar-refractivity contribution in [2.75, 3.05) is 39.6 Å². The second kappa shape index (κ2) is 19.0. The van der Waals surface area contributed by atoms with Crippen molar-refractivity contribution in [3.63, 3.8) is 0 Å². The highest BCUT2D eigenvalue weighted by Crippen LogP contribution is 2.17. The minimum Gasteiger partial charge on any atom is -0.463 e. The van der Waals surface area contributed by atoms with Gasteiger partial charge in [-0.3, -0.25) is 0 Å². The maximum absolute atomic E-state index is 5.69. The van der Waals surface area contributed by atoms with Crippen molar-refractivity contribution < 1.29 is 28.4 Å². The van der Waals surface area contributed by atoms with Gasteiger partial charge in [0.15, 0.2) is 0 Å². The topological polar surface area (TPSA) is 133 Å². The number of hydrogen-bond acceptors (Lipinski definition) is 12. The van der Waals surface area contributed by atoms with Crippen molar-refractivity contribution in [3.8, 4) is 36.1 Å². The molecule has 0 unspecified atom stereocenters. The molecule has 0 radical (unpaired) electrons. The van der Waals surface area contributed by atoms with E-state index in [0.29, 0.717) is 52.5 Å². The molecule has 0 bridgehead atoms. The third-order valence-corrected chi connectivity index (χ3v) is 4.33. The Morgan fingerprint density at radius 1 is 0.395 bits per heavy atom. The Hall–Kier alpha value is -4.22. The summed E-state index contributed by atoms with van der Waals surface area (Å²) < 4.78 is 33.4. The lowest BCUT2D eigenvalue weighted by molar-refractivity contribution is 0.225. The van der Waals surface area contributed by atoms with Crippen LogP contribution in [0.15, 0.2) is 48.6 Å². The van der Waals surface area contributed by atoms with Crippen molar-refractivity contribution in [3.05, 3.63) is 48.6 Å². The van der Waals surface area contributed by atoms with E-state index < -0.39 is 0 Å². The molecule has 0 atom stereocenters. The molecule has 0 aliphatic rings. The summed E-state index contributed by atoms with van der Waals surface area (Å²) >= 11 is 0. The largest absolute Gasteiger partial charge is 0.463 e. The molecule has 0 fully saturated rings. The van der Waals surface area contributed by atoms with Crippen molar-refractivity contribution in [1.82, 2.24) is 29.9 Å². The number of ether oxygens (including phenoxy) is 6. The first-order valence-corrected chi connectivity index (χ1v) is 12.4. The molecule has 0 aliphatic heterocycles. The number of aromatic nitrogens is 6. The molecule has 0 saturated carbocycles. The van der Waals surface area contributed by atoms with Crippen LogP contribution in [0.25, 0.3) is 0 Å². The molecule has 12 heteroatoms. The third-order valence-electron chi connectivity index (χ3n) is 4.33. The van der Waals surface area contributed by atoms with Gasteiger partial charge in [-0.25, -0.2) is 0 Å². The third kappa shape index (κ3) is 12.7. The maximum Gasteiger partial charge on any atom is 0.326 e. The van der Waals surface area contributed by atoms with Gasteiger partial charge < -0.3 is 28.4 Å². The van der Waals surface area contributed by atoms with Gasteiger partial charge in [0, 0.05) is 0 Å². The summed E-state index contributed by atoms with van der Waals surface area (Å²) in [5.41, 5.74) is 0. The normalized spacial score (nSPS) is 11.6. The van der Waals surface area contributed by atoms with Crippen molar-refractivity contribution in [2.24, 2.45) is 0 Å². The minimum absolute atomic E-state index is 0.121. The van der Waals surface area contributed by atoms with Crippen molar-refractivity contribution in [1.29, 1.82) is 0 Å². The van der Waals surface area contributed by atoms with Crippen LogP contribution in [0.1, 0.15) is 40.5 Å². The van der Waals surface area contributed by atoms with Crippen LogP contribution in [0, 0.1) is 0 Å². The Balaban J connectivity index is 1.87. The summed E-state index contributed by atoms with van der Waals surface area (Å²) in [6.07, 6.45) is 16.2. The summed E-state index contributed by atoms with van der Waals surface area (Å²) in [7, 11) is 0. The Labute approximate surface area is 223 Å². The van der Waals surface area contributed by atoms with Gasteiger partial charge in [-0.2, -0.15) is 0 Å². The zero-order chi connectivity index (χ0) is 27.3. The first-order valence-electron chi connectivity index (χ1n) is 12.4. The summed E-state index contributed by atoms with van der Waals surface area (Å²) in [6.45, 7) is 9.60. The molecule has 0 aromatic carbocycles. The molecule has 0 amide bonds. The number of rotatable bonds is 19. The zero-order valence-corrected chi connectivity index (χ0v) is 22.4. The maximum atomic E-state index is 5.69. The Morgan fingerprint density at radius 2 is 0.632 bits per heavy atom. The number of hydrogen-bond donors (Lipinski definition) is 0. The van der Waals surface area contributed by atoms with Crippen molar-refractivity contribution >= 4 is 0 Å². The van der Waals surface area contributed by atoms with Gasteiger partial charge in [-0.1, -0.05) is 48.6 Å². The second-order valence-corrected chi connectivity index (χ2v) is 7.29. The first kappa shape index (κ1) is 30.0. The van der Waals surface area contributed by atoms with Crippen LogP contribution >= 0.6 is 0 Å². The van der Waals surface area contributed by atoms with Crippen LogP contribution in [-0.2, 0) is 0 Å². The molecule has 2 heterocycles. The van der Waals surface area contributed by atoms with Gasteiger partial charge in [0.25, 0.3) is 0 Å². The van der Waals surface area contributed by atoms with Gasteiger partial charge in [0.1, 0.15) is 26.4 Å². The van der Waals surface area contributed by atoms with E-state index >= 15 is 0 Å². The molecular formula is C26H36N6O6. The van der Waals surface area contributed by atoms with E-state index in [9.17, 15) is 0 Å². The fourth-order valence-corrected chi connectivity index (χ4v) is 2.43. The van der Waals surface area contributed by atoms with E-state index in [1.165, 1.54) is 0 Å². The van der Waals surface area contributed by atoms with Crippen molar-refractivity contribution in [2.45, 2.75) is 40.5 Å². The molecule has 12 nitrogen and oxygen atoms in total. The molecule has 38 heavy (non-hydrogen) atoms. The van der Waals surface area contributed by atoms with E-state index in [-0.39, 0.29) is 36.1 Å². The lowest BCUT2D eigenvalue weighted by atomic mass is 10.3. The van der Waals surface area contributed by atoms with E-state index in [1.807, 2.05) is 76.3 Å². The van der Waals surface area contributed by atoms with E-state index in [2.05, 4.69) is 29.9 Å². The van der Waals surface area contributed by atoms with Crippen LogP contribution in [0.5, 0.6) is 36.1 Å². The molecule has 0 aliphatic carbocycles. The summed E-state index contributed by atoms with van der Waals surface area (Å²) in [5, 5.41) is 0. The molecular weight excluding hydrogens is 492 g/mol. The highest BCUT2D eigenvalue weighted by atomic mass is 16.5. The quantitative estimate of drug-likeness (QED) is 0.192. The summed E-state index contributed by atoms with van der Waals surface area (Å²) in [4.78, 5) is 25.0. The predicted molar refractivity (Wildman–Crippen MR) is 141 cm³/mol. The van der Waals surface area contributed by atoms with Gasteiger partial charge in [-0.15, -0.1) is 29.9 Å². The second-order valence-electron chi connectivity index (χ2n) is 7.29. The standard InChI is InChI=1S/C26H36N6O6/c1-5-9-15-33-21-27-22(34-16-10-6-2)30-25(29-21)37-19-13-14-20-38-26-31-23(35-17-11-7-3)28-24(32-26)36-18-12-8-4/h5-12H,13-20H2,1-4H3. The summed E-state index contributed by atoms with van der Waals surface area (Å²) in [5.74, 6) is 0. The summed E-state index contributed by atoms with van der Waals surface area (Å²) in [6, 6.07) is 0.747. The number of unbranched alkanes of at least 4 members (excludes halogenated alkanes) is 1. The lowest BCUT2D eigenvalue weighted by Gasteiger charge is -2.10. The van der Waals surface area contributed by atoms with Gasteiger partial charge in [-0.05, 0) is 40.5 Å². The molecule has 2 aromatic rings. The fourth-order valence-electron chi connectivity index (χ4n) is 2.43. The SMILES string of the molecule is CC=CCOc1nc(OCC=CC)nc(OCCCCOc2nc(OCC=CC)nc(OCC=CC)n2)n1. The Kier molecular flexibility index (Phi) is 15.0. The van der Waals surface area contributed by atoms with Crippen LogP contribution in [0.3, 0.4) is 0 Å². The fraction of sp³-hybridized carbons (Fsp3) is 0.462. The zero-order valence-electron chi connectivity index (χ0n) is 22.4. The predicted octanol–water partition coefficient (Wildman–Crippen LogP) is 4.11. The molecule has 206 valence electrons. The molecule has 0 spiro atoms.